The van der Waals surface area contributed by atoms with Gasteiger partial charge in [-0.05, 0) is 36.8 Å². The summed E-state index contributed by atoms with van der Waals surface area (Å²) in [6.45, 7) is 2.38. The van der Waals surface area contributed by atoms with Crippen LogP contribution in [0, 0.1) is 6.92 Å². The van der Waals surface area contributed by atoms with Crippen molar-refractivity contribution in [1.82, 2.24) is 19.1 Å². The smallest absolute Gasteiger partial charge is 0.290 e. The van der Waals surface area contributed by atoms with E-state index in [9.17, 15) is 4.79 Å². The molecule has 0 aromatic carbocycles. The molecule has 0 atom stereocenters. The lowest BCUT2D eigenvalue weighted by Gasteiger charge is -2.09. The molecule has 7 nitrogen and oxygen atoms in total. The van der Waals surface area contributed by atoms with Crippen molar-refractivity contribution in [2.24, 2.45) is 7.05 Å². The molecule has 3 rings (SSSR count). The van der Waals surface area contributed by atoms with Gasteiger partial charge in [-0.3, -0.25) is 14.6 Å². The third-order valence-corrected chi connectivity index (χ3v) is 3.39. The fourth-order valence-electron chi connectivity index (χ4n) is 2.35. The number of hydrogen-bond donors (Lipinski definition) is 1. The highest BCUT2D eigenvalue weighted by molar-refractivity contribution is 5.54. The van der Waals surface area contributed by atoms with E-state index in [2.05, 4.69) is 9.97 Å². The van der Waals surface area contributed by atoms with Crippen LogP contribution in [0.3, 0.4) is 0 Å². The largest absolute Gasteiger partial charge is 0.483 e. The van der Waals surface area contributed by atoms with E-state index in [0.717, 1.165) is 11.3 Å². The summed E-state index contributed by atoms with van der Waals surface area (Å²) >= 11 is 0. The molecular weight excluding hydrogens is 308 g/mol. The van der Waals surface area contributed by atoms with Crippen molar-refractivity contribution < 1.29 is 9.90 Å². The second-order valence-electron chi connectivity index (χ2n) is 5.13. The summed E-state index contributed by atoms with van der Waals surface area (Å²) in [6.07, 6.45) is 7.14. The van der Waals surface area contributed by atoms with Gasteiger partial charge in [-0.1, -0.05) is 0 Å². The van der Waals surface area contributed by atoms with E-state index >= 15 is 0 Å². The molecule has 3 heterocycles. The lowest BCUT2D eigenvalue weighted by Crippen LogP contribution is -2.19. The molecule has 0 spiro atoms. The third-order valence-electron chi connectivity index (χ3n) is 3.39. The number of nitrogens with zero attached hydrogens (tertiary/aromatic N) is 4. The third kappa shape index (κ3) is 3.95. The first-order chi connectivity index (χ1) is 11.6. The Labute approximate surface area is 138 Å². The first-order valence-corrected chi connectivity index (χ1v) is 7.23. The molecule has 0 saturated carbocycles. The number of aryl methyl sites for hydroxylation is 2. The van der Waals surface area contributed by atoms with Gasteiger partial charge in [-0.2, -0.15) is 0 Å². The highest BCUT2D eigenvalue weighted by Gasteiger charge is 2.11. The number of carboxylic acid groups (broad SMARTS) is 1. The second kappa shape index (κ2) is 7.87. The number of rotatable bonds is 3. The maximum atomic E-state index is 12.2. The molecule has 3 aromatic heterocycles. The Balaban J connectivity index is 0.000000647. The van der Waals surface area contributed by atoms with Crippen LogP contribution in [0.1, 0.15) is 11.3 Å². The van der Waals surface area contributed by atoms with Crippen molar-refractivity contribution in [2.45, 2.75) is 13.5 Å². The minimum absolute atomic E-state index is 0.0455. The standard InChI is InChI=1S/C16H16N4O.CH2O2/c1-12-10-13(5-6-17-12)11-20-9-7-18-15(20)14-4-3-8-19(2)16(14)21;2-1-3/h3-10H,11H2,1-2H3;1H,(H,2,3). The highest BCUT2D eigenvalue weighted by Crippen LogP contribution is 2.15. The molecule has 0 saturated heterocycles. The van der Waals surface area contributed by atoms with Crippen LogP contribution < -0.4 is 5.56 Å². The molecule has 7 heteroatoms. The van der Waals surface area contributed by atoms with E-state index in [-0.39, 0.29) is 12.0 Å². The molecule has 1 N–H and O–H groups in total. The summed E-state index contributed by atoms with van der Waals surface area (Å²) in [5, 5.41) is 6.89. The molecule has 3 aromatic rings. The van der Waals surface area contributed by atoms with Gasteiger partial charge >= 0.3 is 0 Å². The Morgan fingerprint density at radius 3 is 2.67 bits per heavy atom. The molecule has 0 aliphatic heterocycles. The summed E-state index contributed by atoms with van der Waals surface area (Å²) < 4.78 is 3.54. The zero-order valence-electron chi connectivity index (χ0n) is 13.5. The van der Waals surface area contributed by atoms with Gasteiger partial charge in [0, 0.05) is 44.1 Å². The van der Waals surface area contributed by atoms with Gasteiger partial charge in [0.15, 0.2) is 0 Å². The fraction of sp³-hybridized carbons (Fsp3) is 0.176. The minimum Gasteiger partial charge on any atom is -0.483 e. The zero-order chi connectivity index (χ0) is 17.5. The molecule has 0 radical (unpaired) electrons. The van der Waals surface area contributed by atoms with Gasteiger partial charge in [-0.15, -0.1) is 0 Å². The summed E-state index contributed by atoms with van der Waals surface area (Å²) in [5.41, 5.74) is 2.67. The molecule has 0 aliphatic rings. The Hall–Kier alpha value is -3.22. The molecule has 0 aliphatic carbocycles. The van der Waals surface area contributed by atoms with Crippen LogP contribution in [0.2, 0.25) is 0 Å². The second-order valence-corrected chi connectivity index (χ2v) is 5.13. The van der Waals surface area contributed by atoms with Crippen LogP contribution in [0.25, 0.3) is 11.4 Å². The fourth-order valence-corrected chi connectivity index (χ4v) is 2.35. The summed E-state index contributed by atoms with van der Waals surface area (Å²) in [4.78, 5) is 29.1. The monoisotopic (exact) mass is 326 g/mol. The quantitative estimate of drug-likeness (QED) is 0.740. The molecule has 0 amide bonds. The normalized spacial score (nSPS) is 9.92. The summed E-state index contributed by atoms with van der Waals surface area (Å²) in [5.74, 6) is 0.686. The maximum absolute atomic E-state index is 12.2. The van der Waals surface area contributed by atoms with E-state index < -0.39 is 0 Å². The van der Waals surface area contributed by atoms with Gasteiger partial charge in [0.2, 0.25) is 0 Å². The van der Waals surface area contributed by atoms with Gasteiger partial charge < -0.3 is 14.2 Å². The van der Waals surface area contributed by atoms with Gasteiger partial charge in [0.05, 0.1) is 5.56 Å². The molecule has 124 valence electrons. The van der Waals surface area contributed by atoms with Crippen molar-refractivity contribution in [3.63, 3.8) is 0 Å². The van der Waals surface area contributed by atoms with Gasteiger partial charge in [0.25, 0.3) is 12.0 Å². The summed E-state index contributed by atoms with van der Waals surface area (Å²) in [7, 11) is 1.74. The van der Waals surface area contributed by atoms with Crippen LogP contribution in [-0.4, -0.2) is 30.7 Å². The van der Waals surface area contributed by atoms with Crippen molar-refractivity contribution >= 4 is 6.47 Å². The molecule has 0 fully saturated rings. The van der Waals surface area contributed by atoms with Crippen molar-refractivity contribution in [3.05, 3.63) is 70.7 Å². The Morgan fingerprint density at radius 2 is 1.96 bits per heavy atom. The number of imidazole rings is 1. The lowest BCUT2D eigenvalue weighted by molar-refractivity contribution is -0.122. The molecule has 0 bridgehead atoms. The van der Waals surface area contributed by atoms with Crippen LogP contribution in [0.5, 0.6) is 0 Å². The van der Waals surface area contributed by atoms with E-state index in [1.807, 2.05) is 35.9 Å². The number of pyridine rings is 2. The van der Waals surface area contributed by atoms with Crippen LogP contribution >= 0.6 is 0 Å². The average Bonchev–Trinajstić information content (AvgIpc) is 2.99. The van der Waals surface area contributed by atoms with Crippen molar-refractivity contribution in [1.29, 1.82) is 0 Å². The summed E-state index contributed by atoms with van der Waals surface area (Å²) in [6, 6.07) is 7.66. The first-order valence-electron chi connectivity index (χ1n) is 7.23. The molecule has 0 unspecified atom stereocenters. The number of aromatic nitrogens is 4. The lowest BCUT2D eigenvalue weighted by atomic mass is 10.2. The Morgan fingerprint density at radius 1 is 1.21 bits per heavy atom. The molecule has 24 heavy (non-hydrogen) atoms. The van der Waals surface area contributed by atoms with E-state index in [0.29, 0.717) is 17.9 Å². The minimum atomic E-state index is -0.250. The topological polar surface area (TPSA) is 90.0 Å². The van der Waals surface area contributed by atoms with Crippen LogP contribution in [0.4, 0.5) is 0 Å². The average molecular weight is 326 g/mol. The van der Waals surface area contributed by atoms with Gasteiger partial charge in [0.1, 0.15) is 5.82 Å². The number of hydrogen-bond acceptors (Lipinski definition) is 4. The highest BCUT2D eigenvalue weighted by atomic mass is 16.3. The van der Waals surface area contributed by atoms with Crippen LogP contribution in [-0.2, 0) is 18.4 Å². The maximum Gasteiger partial charge on any atom is 0.290 e. The number of carbonyl (C=O) groups is 1. The Kier molecular flexibility index (Phi) is 5.62. The van der Waals surface area contributed by atoms with E-state index in [1.165, 1.54) is 0 Å². The molecular formula is C17H18N4O3. The van der Waals surface area contributed by atoms with Gasteiger partial charge in [-0.25, -0.2) is 4.98 Å². The SMILES string of the molecule is Cc1cc(Cn2ccnc2-c2cccn(C)c2=O)ccn1.O=CO. The van der Waals surface area contributed by atoms with Crippen molar-refractivity contribution in [2.75, 3.05) is 0 Å². The Bertz CT molecular complexity index is 883. The van der Waals surface area contributed by atoms with Crippen molar-refractivity contribution in [3.8, 4) is 11.4 Å². The van der Waals surface area contributed by atoms with Crippen LogP contribution in [0.15, 0.2) is 53.8 Å². The first kappa shape index (κ1) is 17.1. The predicted octanol–water partition coefficient (Wildman–Crippen LogP) is 1.70. The predicted molar refractivity (Wildman–Crippen MR) is 89.7 cm³/mol. The zero-order valence-corrected chi connectivity index (χ0v) is 13.5. The van der Waals surface area contributed by atoms with E-state index in [1.54, 1.807) is 36.3 Å². The van der Waals surface area contributed by atoms with E-state index in [4.69, 9.17) is 9.90 Å².